The number of aliphatic imine (C=N–C) groups is 1. The van der Waals surface area contributed by atoms with E-state index in [0.29, 0.717) is 0 Å². The number of allylic oxidation sites excluding steroid dienone is 5. The highest BCUT2D eigenvalue weighted by Gasteiger charge is 2.09. The van der Waals surface area contributed by atoms with Crippen molar-refractivity contribution in [3.63, 3.8) is 0 Å². The minimum absolute atomic E-state index is 1.10. The summed E-state index contributed by atoms with van der Waals surface area (Å²) in [5.74, 6) is 0. The summed E-state index contributed by atoms with van der Waals surface area (Å²) in [6.07, 6.45) is 13.2. The van der Waals surface area contributed by atoms with Crippen LogP contribution in [-0.4, -0.2) is 6.21 Å². The molecule has 0 saturated heterocycles. The van der Waals surface area contributed by atoms with Crippen molar-refractivity contribution >= 4 is 6.21 Å². The Balaban J connectivity index is 0.000000531. The molecule has 1 aliphatic heterocycles. The fourth-order valence-corrected chi connectivity index (χ4v) is 1.75. The van der Waals surface area contributed by atoms with E-state index >= 15 is 0 Å². The van der Waals surface area contributed by atoms with Gasteiger partial charge in [0.15, 0.2) is 0 Å². The van der Waals surface area contributed by atoms with E-state index in [1.165, 1.54) is 36.0 Å². The van der Waals surface area contributed by atoms with Gasteiger partial charge in [-0.15, -0.1) is 0 Å². The van der Waals surface area contributed by atoms with Crippen LogP contribution in [0.2, 0.25) is 0 Å². The molecule has 0 spiro atoms. The van der Waals surface area contributed by atoms with Crippen LogP contribution in [0.4, 0.5) is 0 Å². The molecular formula is C14H21N. The maximum atomic E-state index is 4.20. The summed E-state index contributed by atoms with van der Waals surface area (Å²) in [5, 5.41) is 0. The van der Waals surface area contributed by atoms with Gasteiger partial charge in [0, 0.05) is 12.4 Å². The molecule has 2 aliphatic rings. The molecule has 0 aromatic carbocycles. The molecule has 0 aromatic rings. The molecule has 0 unspecified atom stereocenters. The van der Waals surface area contributed by atoms with Gasteiger partial charge in [-0.2, -0.15) is 0 Å². The van der Waals surface area contributed by atoms with Gasteiger partial charge in [-0.05, 0) is 43.8 Å². The molecule has 1 heterocycles. The van der Waals surface area contributed by atoms with Crippen LogP contribution in [0.3, 0.4) is 0 Å². The average molecular weight is 203 g/mol. The molecule has 0 bridgehead atoms. The van der Waals surface area contributed by atoms with Gasteiger partial charge >= 0.3 is 0 Å². The molecule has 0 radical (unpaired) electrons. The Morgan fingerprint density at radius 1 is 1.00 bits per heavy atom. The highest BCUT2D eigenvalue weighted by Crippen LogP contribution is 2.27. The zero-order chi connectivity index (χ0) is 11.1. The molecule has 0 amide bonds. The molecule has 0 aromatic heterocycles. The largest absolute Gasteiger partial charge is 0.269 e. The lowest BCUT2D eigenvalue weighted by Gasteiger charge is -2.15. The zero-order valence-electron chi connectivity index (χ0n) is 10.1. The smallest absolute Gasteiger partial charge is 0.0298 e. The van der Waals surface area contributed by atoms with Crippen LogP contribution in [0.1, 0.15) is 46.5 Å². The fourth-order valence-electron chi connectivity index (χ4n) is 1.75. The van der Waals surface area contributed by atoms with Crippen molar-refractivity contribution in [3.05, 3.63) is 35.1 Å². The highest BCUT2D eigenvalue weighted by molar-refractivity contribution is 5.61. The predicted octanol–water partition coefficient (Wildman–Crippen LogP) is 4.43. The molecule has 82 valence electrons. The Hall–Kier alpha value is -1.11. The molecule has 1 nitrogen and oxygen atoms in total. The quantitative estimate of drug-likeness (QED) is 0.598. The third-order valence-electron chi connectivity index (χ3n) is 2.65. The number of hydrogen-bond acceptors (Lipinski definition) is 1. The Morgan fingerprint density at radius 2 is 1.80 bits per heavy atom. The van der Waals surface area contributed by atoms with Gasteiger partial charge in [0.1, 0.15) is 0 Å². The van der Waals surface area contributed by atoms with Crippen molar-refractivity contribution < 1.29 is 0 Å². The second-order valence-electron chi connectivity index (χ2n) is 3.73. The predicted molar refractivity (Wildman–Crippen MR) is 68.2 cm³/mol. The van der Waals surface area contributed by atoms with Crippen molar-refractivity contribution in [2.24, 2.45) is 4.99 Å². The molecule has 0 atom stereocenters. The normalized spacial score (nSPS) is 19.5. The Labute approximate surface area is 93.3 Å². The summed E-state index contributed by atoms with van der Waals surface area (Å²) < 4.78 is 0. The molecule has 0 saturated carbocycles. The first-order valence-electron chi connectivity index (χ1n) is 5.93. The van der Waals surface area contributed by atoms with E-state index < -0.39 is 0 Å². The Bertz CT molecular complexity index is 316. The van der Waals surface area contributed by atoms with Gasteiger partial charge in [-0.3, -0.25) is 4.99 Å². The van der Waals surface area contributed by atoms with E-state index in [0.717, 1.165) is 6.42 Å². The van der Waals surface area contributed by atoms with Crippen LogP contribution >= 0.6 is 0 Å². The summed E-state index contributed by atoms with van der Waals surface area (Å²) in [6, 6.07) is 0. The van der Waals surface area contributed by atoms with Crippen LogP contribution < -0.4 is 0 Å². The lowest BCUT2D eigenvalue weighted by Crippen LogP contribution is -1.98. The van der Waals surface area contributed by atoms with Gasteiger partial charge in [0.05, 0.1) is 0 Å². The van der Waals surface area contributed by atoms with Gasteiger partial charge < -0.3 is 0 Å². The number of nitrogens with zero attached hydrogens (tertiary/aromatic N) is 1. The Morgan fingerprint density at radius 3 is 2.33 bits per heavy atom. The maximum absolute atomic E-state index is 4.20. The van der Waals surface area contributed by atoms with E-state index in [-0.39, 0.29) is 0 Å². The topological polar surface area (TPSA) is 12.4 Å². The molecule has 1 aliphatic carbocycles. The van der Waals surface area contributed by atoms with Crippen LogP contribution in [-0.2, 0) is 0 Å². The van der Waals surface area contributed by atoms with Crippen LogP contribution in [0.5, 0.6) is 0 Å². The molecule has 0 N–H and O–H groups in total. The lowest BCUT2D eigenvalue weighted by molar-refractivity contribution is 0.876. The standard InChI is InChI=1S/C12H15N.C2H6/c1-10-4-6-11(7-5-10)12-3-2-8-13-9-12;1-2/h4,6,8-9H,2-3,5,7H2,1H3;1-2H3. The molecule has 2 rings (SSSR count). The van der Waals surface area contributed by atoms with Crippen molar-refractivity contribution in [1.29, 1.82) is 0 Å². The zero-order valence-corrected chi connectivity index (χ0v) is 10.1. The van der Waals surface area contributed by atoms with Crippen molar-refractivity contribution in [1.82, 2.24) is 0 Å². The summed E-state index contributed by atoms with van der Waals surface area (Å²) in [5.41, 5.74) is 4.41. The van der Waals surface area contributed by atoms with Crippen LogP contribution in [0, 0.1) is 0 Å². The average Bonchev–Trinajstić information content (AvgIpc) is 2.34. The van der Waals surface area contributed by atoms with Gasteiger partial charge in [0.25, 0.3) is 0 Å². The summed E-state index contributed by atoms with van der Waals surface area (Å²) in [6.45, 7) is 6.20. The fraction of sp³-hybridized carbons (Fsp3) is 0.500. The highest BCUT2D eigenvalue weighted by atomic mass is 14.7. The molecular weight excluding hydrogens is 182 g/mol. The maximum Gasteiger partial charge on any atom is 0.0298 e. The van der Waals surface area contributed by atoms with Crippen LogP contribution in [0.25, 0.3) is 0 Å². The van der Waals surface area contributed by atoms with Gasteiger partial charge in [0.2, 0.25) is 0 Å². The minimum atomic E-state index is 1.10. The summed E-state index contributed by atoms with van der Waals surface area (Å²) in [4.78, 5) is 4.20. The monoisotopic (exact) mass is 203 g/mol. The molecule has 1 heteroatoms. The van der Waals surface area contributed by atoms with Crippen molar-refractivity contribution in [2.75, 3.05) is 0 Å². The van der Waals surface area contributed by atoms with Gasteiger partial charge in [-0.1, -0.05) is 31.6 Å². The van der Waals surface area contributed by atoms with E-state index in [1.807, 2.05) is 26.3 Å². The lowest BCUT2D eigenvalue weighted by atomic mass is 9.91. The van der Waals surface area contributed by atoms with E-state index in [1.54, 1.807) is 0 Å². The summed E-state index contributed by atoms with van der Waals surface area (Å²) >= 11 is 0. The van der Waals surface area contributed by atoms with Crippen molar-refractivity contribution in [3.8, 4) is 0 Å². The SMILES string of the molecule is CC.CC1=CC=C(C2=CN=CCC2)CC1. The second kappa shape index (κ2) is 6.39. The van der Waals surface area contributed by atoms with E-state index in [2.05, 4.69) is 24.1 Å². The van der Waals surface area contributed by atoms with Gasteiger partial charge in [-0.25, -0.2) is 0 Å². The van der Waals surface area contributed by atoms with E-state index in [4.69, 9.17) is 0 Å². The number of hydrogen-bond donors (Lipinski definition) is 0. The first-order chi connectivity index (χ1) is 7.36. The number of rotatable bonds is 1. The van der Waals surface area contributed by atoms with Crippen LogP contribution in [0.15, 0.2) is 40.1 Å². The minimum Gasteiger partial charge on any atom is -0.269 e. The third kappa shape index (κ3) is 3.50. The summed E-state index contributed by atoms with van der Waals surface area (Å²) in [7, 11) is 0. The van der Waals surface area contributed by atoms with E-state index in [9.17, 15) is 0 Å². The Kier molecular flexibility index (Phi) is 5.09. The third-order valence-corrected chi connectivity index (χ3v) is 2.65. The molecule has 0 fully saturated rings. The van der Waals surface area contributed by atoms with Crippen molar-refractivity contribution in [2.45, 2.75) is 46.5 Å². The first-order valence-corrected chi connectivity index (χ1v) is 5.93. The molecule has 15 heavy (non-hydrogen) atoms. The second-order valence-corrected chi connectivity index (χ2v) is 3.73. The first kappa shape index (κ1) is 12.0.